The van der Waals surface area contributed by atoms with E-state index in [2.05, 4.69) is 22.9 Å². The summed E-state index contributed by atoms with van der Waals surface area (Å²) in [5.41, 5.74) is 2.26. The summed E-state index contributed by atoms with van der Waals surface area (Å²) in [6, 6.07) is 5.28. The minimum atomic E-state index is -0.896. The third-order valence-electron chi connectivity index (χ3n) is 4.09. The van der Waals surface area contributed by atoms with Crippen LogP contribution in [0.4, 0.5) is 0 Å². The standard InChI is InChI=1S/C15H17BrN2O2/c1-2-12-11-6-5-10(14(19)20)9-13(11)18(17-12)15(16)7-3-4-8-15/h5-6,9H,2-4,7-8H2,1H3,(H,19,20). The van der Waals surface area contributed by atoms with Gasteiger partial charge in [0.15, 0.2) is 0 Å². The number of aryl methyl sites for hydroxylation is 1. The van der Waals surface area contributed by atoms with Gasteiger partial charge in [-0.1, -0.05) is 41.8 Å². The molecule has 0 unspecified atom stereocenters. The van der Waals surface area contributed by atoms with Crippen LogP contribution >= 0.6 is 15.9 Å². The monoisotopic (exact) mass is 336 g/mol. The summed E-state index contributed by atoms with van der Waals surface area (Å²) in [5, 5.41) is 15.0. The van der Waals surface area contributed by atoms with E-state index in [-0.39, 0.29) is 4.45 Å². The summed E-state index contributed by atoms with van der Waals surface area (Å²) in [5.74, 6) is -0.896. The maximum atomic E-state index is 11.2. The van der Waals surface area contributed by atoms with Crippen molar-refractivity contribution in [1.29, 1.82) is 0 Å². The third-order valence-corrected chi connectivity index (χ3v) is 5.22. The van der Waals surface area contributed by atoms with E-state index in [9.17, 15) is 9.90 Å². The SMILES string of the molecule is CCc1nn(C2(Br)CCCC2)c2cc(C(=O)O)ccc12. The second-order valence-electron chi connectivity index (χ2n) is 5.37. The van der Waals surface area contributed by atoms with Crippen LogP contribution in [-0.4, -0.2) is 20.9 Å². The number of halogens is 1. The van der Waals surface area contributed by atoms with Crippen LogP contribution < -0.4 is 0 Å². The Morgan fingerprint density at radius 2 is 2.15 bits per heavy atom. The first-order valence-electron chi connectivity index (χ1n) is 6.99. The smallest absolute Gasteiger partial charge is 0.335 e. The predicted octanol–water partition coefficient (Wildman–Crippen LogP) is 3.92. The number of fused-ring (bicyclic) bond motifs is 1. The average molecular weight is 337 g/mol. The molecule has 0 atom stereocenters. The van der Waals surface area contributed by atoms with Gasteiger partial charge >= 0.3 is 5.97 Å². The number of aromatic carboxylic acids is 1. The summed E-state index contributed by atoms with van der Waals surface area (Å²) < 4.78 is 1.84. The van der Waals surface area contributed by atoms with Gasteiger partial charge in [0.25, 0.3) is 0 Å². The van der Waals surface area contributed by atoms with Crippen molar-refractivity contribution >= 4 is 32.8 Å². The Morgan fingerprint density at radius 1 is 1.45 bits per heavy atom. The lowest BCUT2D eigenvalue weighted by molar-refractivity contribution is 0.0697. The van der Waals surface area contributed by atoms with Crippen molar-refractivity contribution in [2.45, 2.75) is 43.5 Å². The Kier molecular flexibility index (Phi) is 3.32. The lowest BCUT2D eigenvalue weighted by atomic mass is 10.1. The van der Waals surface area contributed by atoms with Crippen molar-refractivity contribution in [1.82, 2.24) is 9.78 Å². The maximum absolute atomic E-state index is 11.2. The minimum absolute atomic E-state index is 0.157. The normalized spacial score (nSPS) is 17.7. The topological polar surface area (TPSA) is 55.1 Å². The summed E-state index contributed by atoms with van der Waals surface area (Å²) in [6.07, 6.45) is 5.26. The van der Waals surface area contributed by atoms with Crippen molar-refractivity contribution < 1.29 is 9.90 Å². The first kappa shape index (κ1) is 13.6. The van der Waals surface area contributed by atoms with E-state index >= 15 is 0 Å². The highest BCUT2D eigenvalue weighted by atomic mass is 79.9. The van der Waals surface area contributed by atoms with Crippen molar-refractivity contribution in [2.24, 2.45) is 0 Å². The van der Waals surface area contributed by atoms with Crippen molar-refractivity contribution in [2.75, 3.05) is 0 Å². The van der Waals surface area contributed by atoms with Gasteiger partial charge in [-0.15, -0.1) is 0 Å². The quantitative estimate of drug-likeness (QED) is 0.864. The van der Waals surface area contributed by atoms with Crippen LogP contribution in [0.15, 0.2) is 18.2 Å². The minimum Gasteiger partial charge on any atom is -0.478 e. The fourth-order valence-electron chi connectivity index (χ4n) is 3.01. The van der Waals surface area contributed by atoms with E-state index in [1.807, 2.05) is 10.7 Å². The van der Waals surface area contributed by atoms with Gasteiger partial charge in [-0.05, 0) is 31.4 Å². The number of carboxylic acid groups (broad SMARTS) is 1. The van der Waals surface area contributed by atoms with E-state index in [1.54, 1.807) is 12.1 Å². The largest absolute Gasteiger partial charge is 0.478 e. The molecule has 4 nitrogen and oxygen atoms in total. The zero-order valence-electron chi connectivity index (χ0n) is 11.4. The third kappa shape index (κ3) is 2.04. The maximum Gasteiger partial charge on any atom is 0.335 e. The molecule has 1 fully saturated rings. The first-order chi connectivity index (χ1) is 9.55. The van der Waals surface area contributed by atoms with E-state index < -0.39 is 5.97 Å². The zero-order chi connectivity index (χ0) is 14.3. The second-order valence-corrected chi connectivity index (χ2v) is 6.85. The van der Waals surface area contributed by atoms with Gasteiger partial charge in [-0.25, -0.2) is 9.48 Å². The number of nitrogens with zero attached hydrogens (tertiary/aromatic N) is 2. The van der Waals surface area contributed by atoms with Crippen LogP contribution in [0.3, 0.4) is 0 Å². The highest BCUT2D eigenvalue weighted by Gasteiger charge is 2.35. The van der Waals surface area contributed by atoms with Gasteiger partial charge in [0, 0.05) is 5.39 Å². The predicted molar refractivity (Wildman–Crippen MR) is 81.4 cm³/mol. The Hall–Kier alpha value is -1.36. The molecule has 1 heterocycles. The lowest BCUT2D eigenvalue weighted by Gasteiger charge is -2.23. The van der Waals surface area contributed by atoms with E-state index in [0.717, 1.165) is 35.9 Å². The van der Waals surface area contributed by atoms with Gasteiger partial charge in [-0.3, -0.25) is 0 Å². The lowest BCUT2D eigenvalue weighted by Crippen LogP contribution is -2.24. The summed E-state index contributed by atoms with van der Waals surface area (Å²) >= 11 is 3.83. The van der Waals surface area contributed by atoms with Gasteiger partial charge in [-0.2, -0.15) is 5.10 Å². The summed E-state index contributed by atoms with van der Waals surface area (Å²) in [6.45, 7) is 2.08. The number of hydrogen-bond donors (Lipinski definition) is 1. The van der Waals surface area contributed by atoms with Crippen LogP contribution in [0.1, 0.15) is 48.7 Å². The number of aromatic nitrogens is 2. The molecule has 0 amide bonds. The van der Waals surface area contributed by atoms with E-state index in [0.29, 0.717) is 5.56 Å². The number of hydrogen-bond acceptors (Lipinski definition) is 2. The molecule has 5 heteroatoms. The molecule has 1 aromatic heterocycles. The highest BCUT2D eigenvalue weighted by molar-refractivity contribution is 9.09. The van der Waals surface area contributed by atoms with Crippen LogP contribution in [0, 0.1) is 0 Å². The van der Waals surface area contributed by atoms with Gasteiger partial charge in [0.2, 0.25) is 0 Å². The second kappa shape index (κ2) is 4.88. The van der Waals surface area contributed by atoms with Crippen LogP contribution in [0.5, 0.6) is 0 Å². The molecule has 0 bridgehead atoms. The van der Waals surface area contributed by atoms with Crippen LogP contribution in [0.25, 0.3) is 10.9 Å². The Balaban J connectivity index is 2.24. The van der Waals surface area contributed by atoms with Crippen LogP contribution in [-0.2, 0) is 10.9 Å². The molecule has 1 saturated carbocycles. The number of benzene rings is 1. The molecule has 1 N–H and O–H groups in total. The molecule has 0 aliphatic heterocycles. The molecule has 0 saturated heterocycles. The zero-order valence-corrected chi connectivity index (χ0v) is 13.0. The molecule has 3 rings (SSSR count). The Morgan fingerprint density at radius 3 is 2.75 bits per heavy atom. The molecule has 20 heavy (non-hydrogen) atoms. The number of carbonyl (C=O) groups is 1. The van der Waals surface area contributed by atoms with Gasteiger partial charge in [0.1, 0.15) is 4.45 Å². The van der Waals surface area contributed by atoms with Crippen molar-refractivity contribution in [3.05, 3.63) is 29.5 Å². The molecule has 1 aliphatic rings. The molecule has 2 aromatic rings. The highest BCUT2D eigenvalue weighted by Crippen LogP contribution is 2.43. The molecule has 0 spiro atoms. The summed E-state index contributed by atoms with van der Waals surface area (Å²) in [7, 11) is 0. The molecular formula is C15H17BrN2O2. The van der Waals surface area contributed by atoms with E-state index in [1.165, 1.54) is 12.8 Å². The van der Waals surface area contributed by atoms with Crippen LogP contribution in [0.2, 0.25) is 0 Å². The number of rotatable bonds is 3. The summed E-state index contributed by atoms with van der Waals surface area (Å²) in [4.78, 5) is 11.2. The Labute approximate surface area is 125 Å². The first-order valence-corrected chi connectivity index (χ1v) is 7.79. The molecule has 0 radical (unpaired) electrons. The molecule has 106 valence electrons. The van der Waals surface area contributed by atoms with Gasteiger partial charge < -0.3 is 5.11 Å². The Bertz CT molecular complexity index is 672. The molecule has 1 aromatic carbocycles. The van der Waals surface area contributed by atoms with E-state index in [4.69, 9.17) is 5.10 Å². The number of alkyl halides is 1. The molecule has 1 aliphatic carbocycles. The van der Waals surface area contributed by atoms with Gasteiger partial charge in [0.05, 0.1) is 16.8 Å². The van der Waals surface area contributed by atoms with Crippen molar-refractivity contribution in [3.63, 3.8) is 0 Å². The fraction of sp³-hybridized carbons (Fsp3) is 0.467. The number of carboxylic acids is 1. The molecular weight excluding hydrogens is 320 g/mol. The average Bonchev–Trinajstić information content (AvgIpc) is 3.02. The fourth-order valence-corrected chi connectivity index (χ4v) is 3.84. The van der Waals surface area contributed by atoms with Crippen molar-refractivity contribution in [3.8, 4) is 0 Å².